The molecule has 0 aliphatic rings. The van der Waals surface area contributed by atoms with Gasteiger partial charge in [-0.1, -0.05) is 15.9 Å². The molecule has 0 saturated heterocycles. The minimum Gasteiger partial charge on any atom is -0.481 e. The molecule has 1 atom stereocenters. The van der Waals surface area contributed by atoms with Crippen LogP contribution < -0.4 is 0 Å². The van der Waals surface area contributed by atoms with Crippen molar-refractivity contribution in [3.05, 3.63) is 0 Å². The van der Waals surface area contributed by atoms with E-state index >= 15 is 0 Å². The second-order valence-electron chi connectivity index (χ2n) is 2.03. The Morgan fingerprint density at radius 3 is 2.70 bits per heavy atom. The Morgan fingerprint density at radius 1 is 1.70 bits per heavy atom. The van der Waals surface area contributed by atoms with Gasteiger partial charge in [-0.2, -0.15) is 0 Å². The van der Waals surface area contributed by atoms with E-state index in [2.05, 4.69) is 15.9 Å². The molecule has 0 aromatic heterocycles. The van der Waals surface area contributed by atoms with Crippen molar-refractivity contribution in [2.75, 3.05) is 5.88 Å². The molecule has 1 unspecified atom stereocenters. The Labute approximate surface area is 73.7 Å². The molecule has 0 radical (unpaired) electrons. The minimum atomic E-state index is -0.767. The second-order valence-corrected chi connectivity index (χ2v) is 3.70. The number of rotatable bonds is 5. The summed E-state index contributed by atoms with van der Waals surface area (Å²) in [6, 6.07) is 0. The second kappa shape index (κ2) is 5.98. The lowest BCUT2D eigenvalue weighted by Gasteiger charge is -2.03. The van der Waals surface area contributed by atoms with E-state index in [0.717, 1.165) is 12.8 Å². The highest BCUT2D eigenvalue weighted by molar-refractivity contribution is 9.09. The van der Waals surface area contributed by atoms with Crippen LogP contribution in [-0.2, 0) is 4.79 Å². The molecule has 0 heterocycles. The van der Waals surface area contributed by atoms with Crippen molar-refractivity contribution < 1.29 is 9.90 Å². The van der Waals surface area contributed by atoms with Crippen LogP contribution in [0.5, 0.6) is 0 Å². The number of halogens is 2. The number of hydrogen-bond donors (Lipinski definition) is 1. The molecule has 4 heteroatoms. The molecule has 0 aliphatic carbocycles. The summed E-state index contributed by atoms with van der Waals surface area (Å²) in [5, 5.41) is 8.32. The Hall–Kier alpha value is 0.240. The van der Waals surface area contributed by atoms with Crippen LogP contribution in [0.2, 0.25) is 0 Å². The number of carboxylic acids is 1. The van der Waals surface area contributed by atoms with Crippen molar-refractivity contribution in [2.24, 2.45) is 0 Å². The summed E-state index contributed by atoms with van der Waals surface area (Å²) in [4.78, 5) is 10.2. The molecule has 10 heavy (non-hydrogen) atoms. The van der Waals surface area contributed by atoms with E-state index < -0.39 is 5.97 Å². The third-order valence-electron chi connectivity index (χ3n) is 1.05. The average molecular weight is 230 g/mol. The van der Waals surface area contributed by atoms with Crippen LogP contribution in [0.1, 0.15) is 19.3 Å². The number of alkyl halides is 2. The monoisotopic (exact) mass is 228 g/mol. The van der Waals surface area contributed by atoms with Crippen molar-refractivity contribution in [1.29, 1.82) is 0 Å². The summed E-state index contributed by atoms with van der Waals surface area (Å²) in [5.41, 5.74) is 0. The molecule has 0 aromatic rings. The molecule has 60 valence electrons. The van der Waals surface area contributed by atoms with Gasteiger partial charge in [0.2, 0.25) is 0 Å². The van der Waals surface area contributed by atoms with E-state index in [0.29, 0.717) is 5.88 Å². The maximum Gasteiger partial charge on any atom is 0.304 e. The highest BCUT2D eigenvalue weighted by atomic mass is 79.9. The van der Waals surface area contributed by atoms with E-state index in [1.807, 2.05) is 0 Å². The summed E-state index contributed by atoms with van der Waals surface area (Å²) in [5.74, 6) is -0.168. The summed E-state index contributed by atoms with van der Waals surface area (Å²) in [6.07, 6.45) is 1.87. The minimum absolute atomic E-state index is 0.0729. The quantitative estimate of drug-likeness (QED) is 0.734. The maximum atomic E-state index is 10.1. The summed E-state index contributed by atoms with van der Waals surface area (Å²) >= 11 is 8.65. The first-order valence-electron chi connectivity index (χ1n) is 3.08. The lowest BCUT2D eigenvalue weighted by molar-refractivity contribution is -0.136. The fraction of sp³-hybridized carbons (Fsp3) is 0.833. The molecule has 0 rings (SSSR count). The number of aliphatic carboxylic acids is 1. The van der Waals surface area contributed by atoms with E-state index in [1.54, 1.807) is 0 Å². The fourth-order valence-electron chi connectivity index (χ4n) is 0.590. The summed E-state index contributed by atoms with van der Waals surface area (Å²) in [7, 11) is 0. The molecular weight excluding hydrogens is 219 g/mol. The van der Waals surface area contributed by atoms with Crippen LogP contribution in [0.15, 0.2) is 0 Å². The number of carbonyl (C=O) groups is 1. The Kier molecular flexibility index (Phi) is 6.13. The first-order chi connectivity index (χ1) is 4.66. The predicted octanol–water partition coefficient (Wildman–Crippen LogP) is 2.24. The van der Waals surface area contributed by atoms with Gasteiger partial charge in [0.15, 0.2) is 0 Å². The smallest absolute Gasteiger partial charge is 0.304 e. The zero-order valence-corrected chi connectivity index (χ0v) is 7.86. The van der Waals surface area contributed by atoms with Gasteiger partial charge in [0.1, 0.15) is 0 Å². The first kappa shape index (κ1) is 10.2. The van der Waals surface area contributed by atoms with Crippen LogP contribution in [-0.4, -0.2) is 21.8 Å². The normalized spacial score (nSPS) is 13.0. The maximum absolute atomic E-state index is 10.1. The average Bonchev–Trinajstić information content (AvgIpc) is 1.82. The van der Waals surface area contributed by atoms with Crippen molar-refractivity contribution in [2.45, 2.75) is 24.1 Å². The number of hydrogen-bond acceptors (Lipinski definition) is 1. The Balaban J connectivity index is 3.25. The van der Waals surface area contributed by atoms with Gasteiger partial charge in [-0.15, -0.1) is 11.6 Å². The molecule has 0 saturated carbocycles. The van der Waals surface area contributed by atoms with Crippen molar-refractivity contribution >= 4 is 33.5 Å². The molecule has 1 N–H and O–H groups in total. The molecule has 0 aliphatic heterocycles. The van der Waals surface area contributed by atoms with Gasteiger partial charge in [-0.3, -0.25) is 4.79 Å². The zero-order chi connectivity index (χ0) is 7.98. The third kappa shape index (κ3) is 6.36. The largest absolute Gasteiger partial charge is 0.481 e. The van der Waals surface area contributed by atoms with Crippen molar-refractivity contribution in [1.82, 2.24) is 0 Å². The van der Waals surface area contributed by atoms with E-state index in [9.17, 15) is 4.79 Å². The molecule has 0 aromatic carbocycles. The van der Waals surface area contributed by atoms with Crippen molar-refractivity contribution in [3.8, 4) is 0 Å². The van der Waals surface area contributed by atoms with Crippen LogP contribution in [0, 0.1) is 0 Å². The van der Waals surface area contributed by atoms with Gasteiger partial charge >= 0.3 is 5.97 Å². The molecular formula is C6H10BrClO2. The standard InChI is InChI=1S/C6H10BrClO2/c7-5(2-1-3-8)4-6(9)10/h5H,1-4H2,(H,9,10). The predicted molar refractivity (Wildman–Crippen MR) is 44.9 cm³/mol. The molecule has 0 fully saturated rings. The van der Waals surface area contributed by atoms with Gasteiger partial charge < -0.3 is 5.11 Å². The summed E-state index contributed by atoms with van der Waals surface area (Å²) < 4.78 is 0. The summed E-state index contributed by atoms with van der Waals surface area (Å²) in [6.45, 7) is 0. The molecule has 0 spiro atoms. The van der Waals surface area contributed by atoms with Gasteiger partial charge in [-0.05, 0) is 12.8 Å². The van der Waals surface area contributed by atoms with E-state index in [-0.39, 0.29) is 11.2 Å². The Morgan fingerprint density at radius 2 is 2.30 bits per heavy atom. The first-order valence-corrected chi connectivity index (χ1v) is 4.53. The lowest BCUT2D eigenvalue weighted by Crippen LogP contribution is -2.06. The van der Waals surface area contributed by atoms with Crippen LogP contribution in [0.25, 0.3) is 0 Å². The highest BCUT2D eigenvalue weighted by Crippen LogP contribution is 2.12. The van der Waals surface area contributed by atoms with Crippen LogP contribution in [0.3, 0.4) is 0 Å². The fourth-order valence-corrected chi connectivity index (χ4v) is 1.35. The van der Waals surface area contributed by atoms with Gasteiger partial charge in [0, 0.05) is 10.7 Å². The zero-order valence-electron chi connectivity index (χ0n) is 5.52. The van der Waals surface area contributed by atoms with Gasteiger partial charge in [0.25, 0.3) is 0 Å². The molecule has 0 amide bonds. The SMILES string of the molecule is O=C(O)CC(Br)CCCCl. The van der Waals surface area contributed by atoms with Crippen LogP contribution >= 0.6 is 27.5 Å². The highest BCUT2D eigenvalue weighted by Gasteiger charge is 2.07. The van der Waals surface area contributed by atoms with Crippen molar-refractivity contribution in [3.63, 3.8) is 0 Å². The number of carboxylic acid groups (broad SMARTS) is 1. The topological polar surface area (TPSA) is 37.3 Å². The third-order valence-corrected chi connectivity index (χ3v) is 2.10. The van der Waals surface area contributed by atoms with E-state index in [1.165, 1.54) is 0 Å². The van der Waals surface area contributed by atoms with Gasteiger partial charge in [-0.25, -0.2) is 0 Å². The van der Waals surface area contributed by atoms with Crippen LogP contribution in [0.4, 0.5) is 0 Å². The van der Waals surface area contributed by atoms with Gasteiger partial charge in [0.05, 0.1) is 6.42 Å². The molecule has 2 nitrogen and oxygen atoms in total. The molecule has 0 bridgehead atoms. The lowest BCUT2D eigenvalue weighted by atomic mass is 10.2. The Bertz CT molecular complexity index is 108. The van der Waals surface area contributed by atoms with E-state index in [4.69, 9.17) is 16.7 Å².